The van der Waals surface area contributed by atoms with Gasteiger partial charge in [-0.1, -0.05) is 42.5 Å². The first-order valence-corrected chi connectivity index (χ1v) is 12.4. The minimum absolute atomic E-state index is 0.00659. The van der Waals surface area contributed by atoms with Crippen molar-refractivity contribution in [1.82, 2.24) is 19.6 Å². The molecule has 1 N–H and O–H groups in total. The Bertz CT molecular complexity index is 1380. The lowest BCUT2D eigenvalue weighted by Gasteiger charge is -2.25. The van der Waals surface area contributed by atoms with Gasteiger partial charge in [0.05, 0.1) is 11.6 Å². The van der Waals surface area contributed by atoms with Gasteiger partial charge in [0.2, 0.25) is 0 Å². The Hall–Kier alpha value is -3.58. The molecule has 2 aromatic heterocycles. The van der Waals surface area contributed by atoms with E-state index in [2.05, 4.69) is 42.3 Å². The van der Waals surface area contributed by atoms with Crippen molar-refractivity contribution < 1.29 is 9.59 Å². The van der Waals surface area contributed by atoms with E-state index >= 15 is 0 Å². The fourth-order valence-corrected chi connectivity index (χ4v) is 5.44. The monoisotopic (exact) mass is 470 g/mol. The number of aromatic nitrogens is 2. The number of amides is 2. The molecule has 6 nitrogen and oxygen atoms in total. The quantitative estimate of drug-likeness (QED) is 0.464. The highest BCUT2D eigenvalue weighted by Gasteiger charge is 2.31. The number of carbonyl (C=O) groups is 2. The van der Waals surface area contributed by atoms with Crippen LogP contribution in [0.2, 0.25) is 0 Å². The van der Waals surface area contributed by atoms with Crippen molar-refractivity contribution in [3.8, 4) is 11.1 Å². The SMILES string of the molecule is Cc1ccc(-c2ccccc2C(=O)N2CCSC2CNC(=O)c2cnc3ccccn23)cc1C. The second-order valence-corrected chi connectivity index (χ2v) is 9.74. The summed E-state index contributed by atoms with van der Waals surface area (Å²) in [6, 6.07) is 19.7. The summed E-state index contributed by atoms with van der Waals surface area (Å²) in [6.45, 7) is 5.20. The lowest BCUT2D eigenvalue weighted by atomic mass is 9.96. The third-order valence-electron chi connectivity index (χ3n) is 6.31. The number of benzene rings is 2. The minimum Gasteiger partial charge on any atom is -0.348 e. The largest absolute Gasteiger partial charge is 0.348 e. The molecule has 1 atom stereocenters. The Labute approximate surface area is 203 Å². The first kappa shape index (κ1) is 22.2. The highest BCUT2D eigenvalue weighted by molar-refractivity contribution is 8.00. The van der Waals surface area contributed by atoms with Gasteiger partial charge in [0.15, 0.2) is 0 Å². The van der Waals surface area contributed by atoms with Crippen molar-refractivity contribution in [3.63, 3.8) is 0 Å². The number of hydrogen-bond donors (Lipinski definition) is 1. The third-order valence-corrected chi connectivity index (χ3v) is 7.54. The maximum absolute atomic E-state index is 13.6. The number of rotatable bonds is 5. The number of imidazole rings is 1. The number of hydrogen-bond acceptors (Lipinski definition) is 4. The molecule has 0 radical (unpaired) electrons. The van der Waals surface area contributed by atoms with Crippen LogP contribution < -0.4 is 5.32 Å². The molecule has 7 heteroatoms. The highest BCUT2D eigenvalue weighted by Crippen LogP contribution is 2.30. The van der Waals surface area contributed by atoms with E-state index in [1.165, 1.54) is 11.1 Å². The first-order valence-electron chi connectivity index (χ1n) is 11.3. The van der Waals surface area contributed by atoms with Gasteiger partial charge in [-0.3, -0.25) is 14.0 Å². The van der Waals surface area contributed by atoms with Crippen LogP contribution in [0.4, 0.5) is 0 Å². The second kappa shape index (κ2) is 9.35. The van der Waals surface area contributed by atoms with Gasteiger partial charge in [-0.15, -0.1) is 11.8 Å². The van der Waals surface area contributed by atoms with Crippen LogP contribution >= 0.6 is 11.8 Å². The summed E-state index contributed by atoms with van der Waals surface area (Å²) in [7, 11) is 0. The number of nitrogens with one attached hydrogen (secondary N) is 1. The highest BCUT2D eigenvalue weighted by atomic mass is 32.2. The van der Waals surface area contributed by atoms with Crippen molar-refractivity contribution >= 4 is 29.2 Å². The average Bonchev–Trinajstić information content (AvgIpc) is 3.51. The number of pyridine rings is 1. The molecule has 1 aliphatic rings. The zero-order valence-electron chi connectivity index (χ0n) is 19.2. The van der Waals surface area contributed by atoms with E-state index in [4.69, 9.17) is 0 Å². The molecule has 4 aromatic rings. The third kappa shape index (κ3) is 4.19. The van der Waals surface area contributed by atoms with E-state index < -0.39 is 0 Å². The Morgan fingerprint density at radius 3 is 2.74 bits per heavy atom. The summed E-state index contributed by atoms with van der Waals surface area (Å²) in [6.07, 6.45) is 3.40. The van der Waals surface area contributed by atoms with Crippen molar-refractivity contribution in [1.29, 1.82) is 0 Å². The summed E-state index contributed by atoms with van der Waals surface area (Å²) >= 11 is 1.69. The van der Waals surface area contributed by atoms with Crippen LogP contribution in [0.5, 0.6) is 0 Å². The average molecular weight is 471 g/mol. The molecule has 1 aliphatic heterocycles. The number of fused-ring (bicyclic) bond motifs is 1. The maximum atomic E-state index is 13.6. The molecule has 2 amide bonds. The van der Waals surface area contributed by atoms with Crippen LogP contribution in [0.1, 0.15) is 32.0 Å². The summed E-state index contributed by atoms with van der Waals surface area (Å²) in [5, 5.41) is 2.88. The van der Waals surface area contributed by atoms with Crippen LogP contribution in [0.15, 0.2) is 73.1 Å². The van der Waals surface area contributed by atoms with Gasteiger partial charge < -0.3 is 10.2 Å². The van der Waals surface area contributed by atoms with E-state index in [1.807, 2.05) is 53.6 Å². The fraction of sp³-hybridized carbons (Fsp3) is 0.222. The molecule has 1 saturated heterocycles. The van der Waals surface area contributed by atoms with Crippen molar-refractivity contribution in [2.75, 3.05) is 18.8 Å². The minimum atomic E-state index is -0.200. The molecule has 0 saturated carbocycles. The Kier molecular flexibility index (Phi) is 6.11. The molecule has 0 spiro atoms. The van der Waals surface area contributed by atoms with Crippen molar-refractivity contribution in [2.24, 2.45) is 0 Å². The van der Waals surface area contributed by atoms with Gasteiger partial charge in [-0.2, -0.15) is 0 Å². The lowest BCUT2D eigenvalue weighted by Crippen LogP contribution is -2.42. The molecule has 172 valence electrons. The van der Waals surface area contributed by atoms with Crippen LogP contribution in [0.3, 0.4) is 0 Å². The van der Waals surface area contributed by atoms with E-state index in [0.717, 1.165) is 22.5 Å². The van der Waals surface area contributed by atoms with Crippen LogP contribution in [-0.2, 0) is 0 Å². The number of nitrogens with zero attached hydrogens (tertiary/aromatic N) is 3. The molecule has 5 rings (SSSR count). The first-order chi connectivity index (χ1) is 16.5. The molecular weight excluding hydrogens is 444 g/mol. The number of aryl methyl sites for hydroxylation is 2. The topological polar surface area (TPSA) is 66.7 Å². The normalized spacial score (nSPS) is 15.6. The Morgan fingerprint density at radius 1 is 1.06 bits per heavy atom. The molecule has 3 heterocycles. The fourth-order valence-electron chi connectivity index (χ4n) is 4.28. The Morgan fingerprint density at radius 2 is 1.88 bits per heavy atom. The molecule has 0 aliphatic carbocycles. The zero-order valence-corrected chi connectivity index (χ0v) is 20.0. The standard InChI is InChI=1S/C27H26N4O2S/c1-18-10-11-20(15-19(18)2)21-7-3-4-8-22(21)27(33)31-13-14-34-25(31)17-29-26(32)23-16-28-24-9-5-6-12-30(23)24/h3-12,15-16,25H,13-14,17H2,1-2H3,(H,29,32). The van der Waals surface area contributed by atoms with Gasteiger partial charge in [-0.05, 0) is 54.3 Å². The summed E-state index contributed by atoms with van der Waals surface area (Å²) in [4.78, 5) is 32.6. The van der Waals surface area contributed by atoms with E-state index in [9.17, 15) is 9.59 Å². The maximum Gasteiger partial charge on any atom is 0.270 e. The van der Waals surface area contributed by atoms with Crippen LogP contribution in [0.25, 0.3) is 16.8 Å². The molecule has 1 unspecified atom stereocenters. The zero-order chi connectivity index (χ0) is 23.7. The van der Waals surface area contributed by atoms with Gasteiger partial charge in [0.25, 0.3) is 11.8 Å². The predicted molar refractivity (Wildman–Crippen MR) is 136 cm³/mol. The van der Waals surface area contributed by atoms with Crippen LogP contribution in [0, 0.1) is 13.8 Å². The second-order valence-electron chi connectivity index (χ2n) is 8.45. The molecule has 34 heavy (non-hydrogen) atoms. The Balaban J connectivity index is 1.34. The van der Waals surface area contributed by atoms with Gasteiger partial charge in [0.1, 0.15) is 11.3 Å². The predicted octanol–water partition coefficient (Wildman–Crippen LogP) is 4.56. The smallest absolute Gasteiger partial charge is 0.270 e. The summed E-state index contributed by atoms with van der Waals surface area (Å²) < 4.78 is 1.76. The molecule has 0 bridgehead atoms. The molecule has 2 aromatic carbocycles. The lowest BCUT2D eigenvalue weighted by molar-refractivity contribution is 0.0751. The van der Waals surface area contributed by atoms with Crippen molar-refractivity contribution in [2.45, 2.75) is 19.2 Å². The summed E-state index contributed by atoms with van der Waals surface area (Å²) in [5.74, 6) is 0.634. The van der Waals surface area contributed by atoms with Gasteiger partial charge in [-0.25, -0.2) is 4.98 Å². The molecular formula is C27H26N4O2S. The van der Waals surface area contributed by atoms with E-state index in [0.29, 0.717) is 24.3 Å². The van der Waals surface area contributed by atoms with E-state index in [1.54, 1.807) is 22.4 Å². The number of carbonyl (C=O) groups excluding carboxylic acids is 2. The number of thioether (sulfide) groups is 1. The van der Waals surface area contributed by atoms with Gasteiger partial charge >= 0.3 is 0 Å². The van der Waals surface area contributed by atoms with E-state index in [-0.39, 0.29) is 17.2 Å². The summed E-state index contributed by atoms with van der Waals surface area (Å²) in [5.41, 5.74) is 6.29. The molecule has 1 fully saturated rings. The van der Waals surface area contributed by atoms with Crippen molar-refractivity contribution in [3.05, 3.63) is 95.4 Å². The van der Waals surface area contributed by atoms with Crippen LogP contribution in [-0.4, -0.2) is 50.3 Å². The van der Waals surface area contributed by atoms with Gasteiger partial charge in [0, 0.05) is 30.6 Å².